The Bertz CT molecular complexity index is 642. The number of ether oxygens (including phenoxy) is 1. The molecule has 0 spiro atoms. The van der Waals surface area contributed by atoms with E-state index in [9.17, 15) is 4.79 Å². The fourth-order valence-corrected chi connectivity index (χ4v) is 2.01. The fraction of sp³-hybridized carbons (Fsp3) is 0.375. The van der Waals surface area contributed by atoms with Crippen molar-refractivity contribution >= 4 is 5.91 Å². The number of amides is 1. The van der Waals surface area contributed by atoms with Crippen LogP contribution < -0.4 is 10.1 Å². The third-order valence-electron chi connectivity index (χ3n) is 3.52. The number of nitrogens with zero attached hydrogens (tertiary/aromatic N) is 1. The summed E-state index contributed by atoms with van der Waals surface area (Å²) in [6, 6.07) is 8.07. The van der Waals surface area contributed by atoms with Crippen molar-refractivity contribution in [2.75, 3.05) is 0 Å². The Hall–Kier alpha value is -2.30. The predicted molar refractivity (Wildman–Crippen MR) is 77.2 cm³/mol. The van der Waals surface area contributed by atoms with E-state index < -0.39 is 0 Å². The van der Waals surface area contributed by atoms with Crippen LogP contribution in [0.5, 0.6) is 5.75 Å². The van der Waals surface area contributed by atoms with E-state index in [1.807, 2.05) is 31.2 Å². The summed E-state index contributed by atoms with van der Waals surface area (Å²) in [7, 11) is 0. The van der Waals surface area contributed by atoms with Crippen molar-refractivity contribution in [2.45, 2.75) is 39.3 Å². The van der Waals surface area contributed by atoms with Crippen LogP contribution in [0.1, 0.15) is 40.2 Å². The molecule has 110 valence electrons. The molecular formula is C16H18N2O3. The Morgan fingerprint density at radius 2 is 2.05 bits per heavy atom. The van der Waals surface area contributed by atoms with Gasteiger partial charge >= 0.3 is 0 Å². The molecule has 0 bridgehead atoms. The zero-order chi connectivity index (χ0) is 14.8. The first kappa shape index (κ1) is 13.7. The van der Waals surface area contributed by atoms with E-state index in [0.717, 1.165) is 18.6 Å². The number of hydrogen-bond acceptors (Lipinski definition) is 4. The highest BCUT2D eigenvalue weighted by atomic mass is 16.5. The van der Waals surface area contributed by atoms with Crippen LogP contribution in [0, 0.1) is 13.8 Å². The molecule has 1 heterocycles. The molecular weight excluding hydrogens is 268 g/mol. The molecule has 5 nitrogen and oxygen atoms in total. The number of benzene rings is 1. The first-order valence-electron chi connectivity index (χ1n) is 7.09. The van der Waals surface area contributed by atoms with Gasteiger partial charge in [0.05, 0.1) is 5.56 Å². The number of rotatable bonds is 5. The van der Waals surface area contributed by atoms with Crippen LogP contribution in [0.15, 0.2) is 28.8 Å². The lowest BCUT2D eigenvalue weighted by Gasteiger charge is -2.07. The zero-order valence-electron chi connectivity index (χ0n) is 12.2. The van der Waals surface area contributed by atoms with Crippen molar-refractivity contribution in [1.82, 2.24) is 10.5 Å². The standard InChI is InChI=1S/C16H18N2O3/c1-10-3-7-13(8-4-10)20-9-14-11(2)21-18-15(14)16(19)17-12-5-6-12/h3-4,7-8,12H,5-6,9H2,1-2H3,(H,17,19). The van der Waals surface area contributed by atoms with E-state index in [-0.39, 0.29) is 12.5 Å². The number of nitrogens with one attached hydrogen (secondary N) is 1. The van der Waals surface area contributed by atoms with Gasteiger partial charge in [-0.05, 0) is 38.8 Å². The lowest BCUT2D eigenvalue weighted by molar-refractivity contribution is 0.0940. The van der Waals surface area contributed by atoms with Gasteiger partial charge in [0.2, 0.25) is 0 Å². The van der Waals surface area contributed by atoms with Gasteiger partial charge in [0, 0.05) is 6.04 Å². The Kier molecular flexibility index (Phi) is 3.64. The van der Waals surface area contributed by atoms with Crippen molar-refractivity contribution in [1.29, 1.82) is 0 Å². The molecule has 1 aromatic carbocycles. The van der Waals surface area contributed by atoms with Gasteiger partial charge in [-0.25, -0.2) is 0 Å². The molecule has 0 saturated heterocycles. The van der Waals surface area contributed by atoms with Crippen LogP contribution in [-0.2, 0) is 6.61 Å². The van der Waals surface area contributed by atoms with E-state index in [1.54, 1.807) is 6.92 Å². The van der Waals surface area contributed by atoms with Gasteiger partial charge in [-0.15, -0.1) is 0 Å². The van der Waals surface area contributed by atoms with Gasteiger partial charge in [0.15, 0.2) is 5.69 Å². The lowest BCUT2D eigenvalue weighted by atomic mass is 10.2. The largest absolute Gasteiger partial charge is 0.489 e. The second kappa shape index (κ2) is 5.60. The molecule has 0 radical (unpaired) electrons. The smallest absolute Gasteiger partial charge is 0.274 e. The van der Waals surface area contributed by atoms with Crippen molar-refractivity contribution in [3.05, 3.63) is 46.8 Å². The molecule has 1 fully saturated rings. The summed E-state index contributed by atoms with van der Waals surface area (Å²) < 4.78 is 10.9. The second-order valence-corrected chi connectivity index (χ2v) is 5.42. The zero-order valence-corrected chi connectivity index (χ0v) is 12.2. The summed E-state index contributed by atoms with van der Waals surface area (Å²) in [5.41, 5.74) is 2.20. The van der Waals surface area contributed by atoms with Gasteiger partial charge in [0.25, 0.3) is 5.91 Å². The average Bonchev–Trinajstić information content (AvgIpc) is 3.20. The summed E-state index contributed by atoms with van der Waals surface area (Å²) in [5.74, 6) is 1.19. The fourth-order valence-electron chi connectivity index (χ4n) is 2.01. The number of carbonyl (C=O) groups excluding carboxylic acids is 1. The minimum atomic E-state index is -0.183. The molecule has 1 N–H and O–H groups in total. The topological polar surface area (TPSA) is 64.4 Å². The molecule has 1 amide bonds. The molecule has 0 aliphatic heterocycles. The Morgan fingerprint density at radius 1 is 1.33 bits per heavy atom. The second-order valence-electron chi connectivity index (χ2n) is 5.42. The predicted octanol–water partition coefficient (Wildman–Crippen LogP) is 2.76. The summed E-state index contributed by atoms with van der Waals surface area (Å²) >= 11 is 0. The number of aromatic nitrogens is 1. The minimum absolute atomic E-state index is 0.183. The van der Waals surface area contributed by atoms with E-state index in [0.29, 0.717) is 23.1 Å². The third-order valence-corrected chi connectivity index (χ3v) is 3.52. The summed E-state index contributed by atoms with van der Waals surface area (Å²) in [6.07, 6.45) is 2.08. The van der Waals surface area contributed by atoms with Crippen molar-refractivity contribution in [3.63, 3.8) is 0 Å². The maximum atomic E-state index is 12.1. The van der Waals surface area contributed by atoms with E-state index >= 15 is 0 Å². The highest BCUT2D eigenvalue weighted by molar-refractivity contribution is 5.94. The van der Waals surface area contributed by atoms with Crippen LogP contribution in [0.4, 0.5) is 0 Å². The maximum absolute atomic E-state index is 12.1. The van der Waals surface area contributed by atoms with Crippen LogP contribution in [0.2, 0.25) is 0 Å². The maximum Gasteiger partial charge on any atom is 0.274 e. The highest BCUT2D eigenvalue weighted by Gasteiger charge is 2.27. The Morgan fingerprint density at radius 3 is 2.71 bits per heavy atom. The third kappa shape index (κ3) is 3.24. The average molecular weight is 286 g/mol. The molecule has 21 heavy (non-hydrogen) atoms. The molecule has 2 aromatic rings. The molecule has 5 heteroatoms. The molecule has 0 unspecified atom stereocenters. The Balaban J connectivity index is 1.70. The SMILES string of the molecule is Cc1ccc(OCc2c(C(=O)NC3CC3)noc2C)cc1. The number of carbonyl (C=O) groups is 1. The van der Waals surface area contributed by atoms with Gasteiger partial charge in [0.1, 0.15) is 18.1 Å². The van der Waals surface area contributed by atoms with Crippen LogP contribution in [-0.4, -0.2) is 17.1 Å². The molecule has 3 rings (SSSR count). The molecule has 1 aliphatic rings. The quantitative estimate of drug-likeness (QED) is 0.918. The number of aryl methyl sites for hydroxylation is 2. The monoisotopic (exact) mass is 286 g/mol. The van der Waals surface area contributed by atoms with Crippen molar-refractivity contribution in [3.8, 4) is 5.75 Å². The van der Waals surface area contributed by atoms with E-state index in [2.05, 4.69) is 10.5 Å². The van der Waals surface area contributed by atoms with Crippen molar-refractivity contribution in [2.24, 2.45) is 0 Å². The first-order valence-corrected chi connectivity index (χ1v) is 7.09. The van der Waals surface area contributed by atoms with Crippen LogP contribution in [0.3, 0.4) is 0 Å². The molecule has 1 saturated carbocycles. The number of hydrogen-bond donors (Lipinski definition) is 1. The lowest BCUT2D eigenvalue weighted by Crippen LogP contribution is -2.26. The normalized spacial score (nSPS) is 14.0. The minimum Gasteiger partial charge on any atom is -0.489 e. The summed E-state index contributed by atoms with van der Waals surface area (Å²) in [6.45, 7) is 4.08. The van der Waals surface area contributed by atoms with Crippen LogP contribution in [0.25, 0.3) is 0 Å². The first-order chi connectivity index (χ1) is 10.1. The summed E-state index contributed by atoms with van der Waals surface area (Å²) in [5, 5.41) is 6.77. The summed E-state index contributed by atoms with van der Waals surface area (Å²) in [4.78, 5) is 12.1. The highest BCUT2D eigenvalue weighted by Crippen LogP contribution is 2.22. The van der Waals surface area contributed by atoms with Gasteiger partial charge in [-0.1, -0.05) is 22.9 Å². The van der Waals surface area contributed by atoms with E-state index in [4.69, 9.17) is 9.26 Å². The van der Waals surface area contributed by atoms with Crippen molar-refractivity contribution < 1.29 is 14.1 Å². The van der Waals surface area contributed by atoms with Gasteiger partial charge in [-0.3, -0.25) is 4.79 Å². The van der Waals surface area contributed by atoms with Crippen LogP contribution >= 0.6 is 0 Å². The molecule has 1 aromatic heterocycles. The van der Waals surface area contributed by atoms with Gasteiger partial charge < -0.3 is 14.6 Å². The molecule has 1 aliphatic carbocycles. The Labute approximate surface area is 123 Å². The van der Waals surface area contributed by atoms with Gasteiger partial charge in [-0.2, -0.15) is 0 Å². The molecule has 0 atom stereocenters. The van der Waals surface area contributed by atoms with E-state index in [1.165, 1.54) is 5.56 Å².